The summed E-state index contributed by atoms with van der Waals surface area (Å²) in [7, 11) is 0. The zero-order chi connectivity index (χ0) is 15.6. The van der Waals surface area contributed by atoms with Crippen LogP contribution in [-0.2, 0) is 13.0 Å². The second-order valence-electron chi connectivity index (χ2n) is 6.39. The SMILES string of the molecule is CC(C)CNCc1oc2c(F)cc(Br)cc2c1CC(C)C. The average molecular weight is 356 g/mol. The molecule has 0 aliphatic carbocycles. The maximum absolute atomic E-state index is 14.1. The number of hydrogen-bond acceptors (Lipinski definition) is 2. The third-order valence-electron chi connectivity index (χ3n) is 3.35. The first kappa shape index (κ1) is 16.5. The topological polar surface area (TPSA) is 25.2 Å². The first-order chi connectivity index (χ1) is 9.88. The third-order valence-corrected chi connectivity index (χ3v) is 3.80. The van der Waals surface area contributed by atoms with Crippen LogP contribution in [0.25, 0.3) is 11.0 Å². The van der Waals surface area contributed by atoms with E-state index in [4.69, 9.17) is 4.42 Å². The molecule has 2 aromatic rings. The zero-order valence-electron chi connectivity index (χ0n) is 13.1. The summed E-state index contributed by atoms with van der Waals surface area (Å²) in [6.45, 7) is 10.2. The van der Waals surface area contributed by atoms with Gasteiger partial charge in [0.1, 0.15) is 5.76 Å². The number of furan rings is 1. The highest BCUT2D eigenvalue weighted by molar-refractivity contribution is 9.10. The van der Waals surface area contributed by atoms with Gasteiger partial charge in [0.15, 0.2) is 11.4 Å². The maximum Gasteiger partial charge on any atom is 0.170 e. The van der Waals surface area contributed by atoms with Gasteiger partial charge in [0, 0.05) is 15.4 Å². The van der Waals surface area contributed by atoms with E-state index >= 15 is 0 Å². The van der Waals surface area contributed by atoms with Crippen LogP contribution in [0.15, 0.2) is 21.0 Å². The molecule has 0 aliphatic rings. The highest BCUT2D eigenvalue weighted by Gasteiger charge is 2.18. The van der Waals surface area contributed by atoms with Gasteiger partial charge in [-0.25, -0.2) is 4.39 Å². The van der Waals surface area contributed by atoms with Gasteiger partial charge in [0.2, 0.25) is 0 Å². The van der Waals surface area contributed by atoms with E-state index in [2.05, 4.69) is 48.9 Å². The Kier molecular flexibility index (Phi) is 5.44. The summed E-state index contributed by atoms with van der Waals surface area (Å²) in [4.78, 5) is 0. The van der Waals surface area contributed by atoms with Gasteiger partial charge >= 0.3 is 0 Å². The van der Waals surface area contributed by atoms with E-state index in [1.54, 1.807) is 0 Å². The lowest BCUT2D eigenvalue weighted by atomic mass is 9.99. The predicted molar refractivity (Wildman–Crippen MR) is 89.0 cm³/mol. The van der Waals surface area contributed by atoms with Gasteiger partial charge in [-0.05, 0) is 36.9 Å². The Balaban J connectivity index is 2.40. The molecule has 0 radical (unpaired) electrons. The Morgan fingerprint density at radius 2 is 1.90 bits per heavy atom. The molecule has 0 bridgehead atoms. The Hall–Kier alpha value is -0.870. The highest BCUT2D eigenvalue weighted by Crippen LogP contribution is 2.32. The van der Waals surface area contributed by atoms with Crippen LogP contribution in [0.5, 0.6) is 0 Å². The molecular weight excluding hydrogens is 333 g/mol. The van der Waals surface area contributed by atoms with E-state index in [0.717, 1.165) is 34.1 Å². The number of nitrogens with one attached hydrogen (secondary N) is 1. The number of rotatable bonds is 6. The van der Waals surface area contributed by atoms with Crippen molar-refractivity contribution in [2.45, 2.75) is 40.7 Å². The van der Waals surface area contributed by atoms with E-state index in [9.17, 15) is 4.39 Å². The second-order valence-corrected chi connectivity index (χ2v) is 7.31. The summed E-state index contributed by atoms with van der Waals surface area (Å²) in [6, 6.07) is 3.40. The molecule has 0 spiro atoms. The van der Waals surface area contributed by atoms with Gasteiger partial charge < -0.3 is 9.73 Å². The molecule has 2 rings (SSSR count). The van der Waals surface area contributed by atoms with Crippen molar-refractivity contribution >= 4 is 26.9 Å². The van der Waals surface area contributed by atoms with E-state index in [1.165, 1.54) is 6.07 Å². The van der Waals surface area contributed by atoms with Crippen LogP contribution in [-0.4, -0.2) is 6.54 Å². The Morgan fingerprint density at radius 1 is 1.19 bits per heavy atom. The standard InChI is InChI=1S/C17H23BrFNO/c1-10(2)5-13-14-6-12(18)7-15(19)17(14)21-16(13)9-20-8-11(3)4/h6-7,10-11,20H,5,8-9H2,1-4H3. The lowest BCUT2D eigenvalue weighted by Crippen LogP contribution is -2.19. The van der Waals surface area contributed by atoms with Gasteiger partial charge in [0.25, 0.3) is 0 Å². The van der Waals surface area contributed by atoms with Crippen LogP contribution in [0.3, 0.4) is 0 Å². The maximum atomic E-state index is 14.1. The normalized spacial score (nSPS) is 12.0. The van der Waals surface area contributed by atoms with E-state index in [1.807, 2.05) is 6.07 Å². The monoisotopic (exact) mass is 355 g/mol. The molecule has 0 unspecified atom stereocenters. The molecule has 116 valence electrons. The zero-order valence-corrected chi connectivity index (χ0v) is 14.7. The van der Waals surface area contributed by atoms with Crippen molar-refractivity contribution in [3.63, 3.8) is 0 Å². The molecule has 1 aromatic carbocycles. The molecule has 0 aliphatic heterocycles. The van der Waals surface area contributed by atoms with Crippen LogP contribution in [0.4, 0.5) is 4.39 Å². The van der Waals surface area contributed by atoms with Crippen LogP contribution in [0.1, 0.15) is 39.0 Å². The summed E-state index contributed by atoms with van der Waals surface area (Å²) >= 11 is 3.37. The molecule has 0 fully saturated rings. The lowest BCUT2D eigenvalue weighted by molar-refractivity contribution is 0.467. The van der Waals surface area contributed by atoms with Gasteiger partial charge in [-0.1, -0.05) is 43.6 Å². The summed E-state index contributed by atoms with van der Waals surface area (Å²) in [5.41, 5.74) is 1.49. The van der Waals surface area contributed by atoms with Gasteiger partial charge in [-0.15, -0.1) is 0 Å². The van der Waals surface area contributed by atoms with Crippen molar-refractivity contribution in [2.24, 2.45) is 11.8 Å². The van der Waals surface area contributed by atoms with Crippen LogP contribution >= 0.6 is 15.9 Å². The van der Waals surface area contributed by atoms with Crippen molar-refractivity contribution in [3.8, 4) is 0 Å². The summed E-state index contributed by atoms with van der Waals surface area (Å²) in [5.74, 6) is 1.63. The molecular formula is C17H23BrFNO. The Labute approximate surface area is 134 Å². The number of fused-ring (bicyclic) bond motifs is 1. The fourth-order valence-corrected chi connectivity index (χ4v) is 2.90. The summed E-state index contributed by atoms with van der Waals surface area (Å²) in [5, 5.41) is 4.27. The molecule has 4 heteroatoms. The van der Waals surface area contributed by atoms with Gasteiger partial charge in [-0.2, -0.15) is 0 Å². The molecule has 1 aromatic heterocycles. The number of hydrogen-bond donors (Lipinski definition) is 1. The first-order valence-electron chi connectivity index (χ1n) is 7.48. The molecule has 1 N–H and O–H groups in total. The molecule has 0 amide bonds. The summed E-state index contributed by atoms with van der Waals surface area (Å²) in [6.07, 6.45) is 0.890. The molecule has 0 saturated carbocycles. The fourth-order valence-electron chi connectivity index (χ4n) is 2.47. The average Bonchev–Trinajstić information content (AvgIpc) is 2.67. The minimum atomic E-state index is -0.306. The molecule has 21 heavy (non-hydrogen) atoms. The van der Waals surface area contributed by atoms with Crippen LogP contribution < -0.4 is 5.32 Å². The fraction of sp³-hybridized carbons (Fsp3) is 0.529. The minimum Gasteiger partial charge on any atom is -0.456 e. The number of benzene rings is 1. The molecule has 1 heterocycles. The van der Waals surface area contributed by atoms with Gasteiger partial charge in [-0.3, -0.25) is 0 Å². The van der Waals surface area contributed by atoms with Crippen LogP contribution in [0, 0.1) is 17.7 Å². The highest BCUT2D eigenvalue weighted by atomic mass is 79.9. The van der Waals surface area contributed by atoms with Crippen molar-refractivity contribution in [2.75, 3.05) is 6.54 Å². The van der Waals surface area contributed by atoms with Crippen molar-refractivity contribution in [1.29, 1.82) is 0 Å². The first-order valence-corrected chi connectivity index (χ1v) is 8.27. The van der Waals surface area contributed by atoms with E-state index in [-0.39, 0.29) is 5.82 Å². The lowest BCUT2D eigenvalue weighted by Gasteiger charge is -2.09. The van der Waals surface area contributed by atoms with Crippen LogP contribution in [0.2, 0.25) is 0 Å². The number of halogens is 2. The van der Waals surface area contributed by atoms with Crippen molar-refractivity contribution < 1.29 is 8.81 Å². The Morgan fingerprint density at radius 3 is 2.52 bits per heavy atom. The summed E-state index contributed by atoms with van der Waals surface area (Å²) < 4.78 is 20.6. The Bertz CT molecular complexity index is 619. The predicted octanol–water partition coefficient (Wildman–Crippen LogP) is 5.28. The minimum absolute atomic E-state index is 0.306. The molecule has 2 nitrogen and oxygen atoms in total. The van der Waals surface area contributed by atoms with Crippen molar-refractivity contribution in [1.82, 2.24) is 5.32 Å². The van der Waals surface area contributed by atoms with E-state index < -0.39 is 0 Å². The molecule has 0 atom stereocenters. The van der Waals surface area contributed by atoms with Gasteiger partial charge in [0.05, 0.1) is 6.54 Å². The smallest absolute Gasteiger partial charge is 0.170 e. The quantitative estimate of drug-likeness (QED) is 0.762. The molecule has 0 saturated heterocycles. The van der Waals surface area contributed by atoms with Crippen molar-refractivity contribution in [3.05, 3.63) is 33.7 Å². The van der Waals surface area contributed by atoms with E-state index in [0.29, 0.717) is 24.0 Å². The third kappa shape index (κ3) is 4.07. The largest absolute Gasteiger partial charge is 0.456 e. The second kappa shape index (κ2) is 6.93.